The van der Waals surface area contributed by atoms with Gasteiger partial charge in [-0.1, -0.05) is 62.4 Å². The fraction of sp³-hybridized carbons (Fsp3) is 0.429. The Morgan fingerprint density at radius 1 is 1.00 bits per heavy atom. The van der Waals surface area contributed by atoms with Crippen LogP contribution in [0.25, 0.3) is 11.0 Å². The van der Waals surface area contributed by atoms with Crippen LogP contribution in [0.3, 0.4) is 0 Å². The van der Waals surface area contributed by atoms with Crippen LogP contribution < -0.4 is 9.80 Å². The van der Waals surface area contributed by atoms with Crippen molar-refractivity contribution in [2.45, 2.75) is 44.9 Å². The highest BCUT2D eigenvalue weighted by molar-refractivity contribution is 6.30. The fourth-order valence-corrected chi connectivity index (χ4v) is 4.65. The molecule has 4 rings (SSSR count). The van der Waals surface area contributed by atoms with Crippen LogP contribution in [0, 0.1) is 11.3 Å². The Bertz CT molecular complexity index is 1220. The maximum Gasteiger partial charge on any atom is 0.329 e. The Morgan fingerprint density at radius 3 is 2.39 bits per heavy atom. The summed E-state index contributed by atoms with van der Waals surface area (Å²) in [7, 11) is 0. The molecule has 0 aliphatic carbocycles. The Kier molecular flexibility index (Phi) is 8.96. The SMILES string of the molecule is CCCCCCCOC(=O)[C@H](C#N)c1nc2ccccc2nc1N1CCN(c2cccc(Cl)c2)CC1. The number of nitrogens with zero attached hydrogens (tertiary/aromatic N) is 5. The second-order valence-corrected chi connectivity index (χ2v) is 9.46. The van der Waals surface area contributed by atoms with Crippen molar-refractivity contribution in [3.8, 4) is 6.07 Å². The minimum absolute atomic E-state index is 0.315. The Morgan fingerprint density at radius 2 is 1.69 bits per heavy atom. The van der Waals surface area contributed by atoms with Crippen molar-refractivity contribution in [1.82, 2.24) is 9.97 Å². The molecular formula is C28H32ClN5O2. The molecule has 0 saturated carbocycles. The van der Waals surface area contributed by atoms with E-state index in [9.17, 15) is 10.1 Å². The van der Waals surface area contributed by atoms with Crippen molar-refractivity contribution in [2.75, 3.05) is 42.6 Å². The topological polar surface area (TPSA) is 82.3 Å². The summed E-state index contributed by atoms with van der Waals surface area (Å²) in [6, 6.07) is 17.5. The first kappa shape index (κ1) is 25.7. The average Bonchev–Trinajstić information content (AvgIpc) is 2.91. The van der Waals surface area contributed by atoms with Crippen LogP contribution in [0.4, 0.5) is 11.5 Å². The molecule has 0 amide bonds. The van der Waals surface area contributed by atoms with Crippen molar-refractivity contribution in [3.05, 3.63) is 59.2 Å². The standard InChI is InChI=1S/C28H32ClN5O2/c1-2-3-4-5-8-18-36-28(35)23(20-30)26-27(32-25-13-7-6-12-24(25)31-26)34-16-14-33(15-17-34)22-11-9-10-21(29)19-22/h6-7,9-13,19,23H,2-5,8,14-18H2,1H3/t23-/m1/s1. The Hall–Kier alpha value is -3.37. The first-order chi connectivity index (χ1) is 17.6. The lowest BCUT2D eigenvalue weighted by atomic mass is 10.1. The molecule has 2 aromatic carbocycles. The van der Waals surface area contributed by atoms with Crippen LogP contribution in [0.2, 0.25) is 5.02 Å². The zero-order valence-electron chi connectivity index (χ0n) is 20.7. The molecule has 1 aliphatic rings. The number of fused-ring (bicyclic) bond motifs is 1. The third kappa shape index (κ3) is 6.24. The summed E-state index contributed by atoms with van der Waals surface area (Å²) in [4.78, 5) is 26.9. The molecule has 0 spiro atoms. The van der Waals surface area contributed by atoms with Crippen LogP contribution in [0.1, 0.15) is 50.6 Å². The molecule has 1 fully saturated rings. The van der Waals surface area contributed by atoms with Crippen LogP contribution >= 0.6 is 11.6 Å². The second kappa shape index (κ2) is 12.5. The van der Waals surface area contributed by atoms with Crippen LogP contribution in [-0.4, -0.2) is 48.7 Å². The molecule has 3 aromatic rings. The van der Waals surface area contributed by atoms with E-state index in [1.54, 1.807) is 0 Å². The van der Waals surface area contributed by atoms with E-state index < -0.39 is 11.9 Å². The maximum absolute atomic E-state index is 13.0. The molecule has 8 heteroatoms. The normalized spacial score (nSPS) is 14.5. The number of para-hydroxylation sites is 2. The zero-order valence-corrected chi connectivity index (χ0v) is 21.5. The fourth-order valence-electron chi connectivity index (χ4n) is 4.47. The number of aromatic nitrogens is 2. The van der Waals surface area contributed by atoms with Gasteiger partial charge in [-0.15, -0.1) is 0 Å². The summed E-state index contributed by atoms with van der Waals surface area (Å²) < 4.78 is 5.50. The summed E-state index contributed by atoms with van der Waals surface area (Å²) in [6.45, 7) is 5.35. The van der Waals surface area contributed by atoms with E-state index in [1.165, 1.54) is 6.42 Å². The van der Waals surface area contributed by atoms with E-state index in [1.807, 2.05) is 48.5 Å². The molecule has 36 heavy (non-hydrogen) atoms. The number of carbonyl (C=O) groups excluding carboxylic acids is 1. The number of halogens is 1. The molecule has 188 valence electrons. The number of esters is 1. The second-order valence-electron chi connectivity index (χ2n) is 9.02. The molecule has 0 bridgehead atoms. The predicted octanol–water partition coefficient (Wildman–Crippen LogP) is 5.73. The number of unbranched alkanes of at least 4 members (excludes halogenated alkanes) is 4. The molecule has 1 saturated heterocycles. The van der Waals surface area contributed by atoms with Gasteiger partial charge in [0.2, 0.25) is 0 Å². The number of piperazine rings is 1. The van der Waals surface area contributed by atoms with E-state index in [4.69, 9.17) is 26.3 Å². The molecule has 0 N–H and O–H groups in total. The molecule has 7 nitrogen and oxygen atoms in total. The number of carbonyl (C=O) groups is 1. The van der Waals surface area contributed by atoms with Gasteiger partial charge in [-0.25, -0.2) is 9.97 Å². The highest BCUT2D eigenvalue weighted by atomic mass is 35.5. The van der Waals surface area contributed by atoms with Gasteiger partial charge in [0, 0.05) is 36.9 Å². The van der Waals surface area contributed by atoms with E-state index >= 15 is 0 Å². The van der Waals surface area contributed by atoms with Crippen molar-refractivity contribution < 1.29 is 9.53 Å². The molecule has 1 aromatic heterocycles. The van der Waals surface area contributed by atoms with E-state index in [-0.39, 0.29) is 0 Å². The summed E-state index contributed by atoms with van der Waals surface area (Å²) >= 11 is 6.18. The van der Waals surface area contributed by atoms with Gasteiger partial charge in [0.1, 0.15) is 5.69 Å². The van der Waals surface area contributed by atoms with Crippen molar-refractivity contribution in [1.29, 1.82) is 5.26 Å². The van der Waals surface area contributed by atoms with Gasteiger partial charge in [0.25, 0.3) is 0 Å². The minimum Gasteiger partial charge on any atom is -0.464 e. The van der Waals surface area contributed by atoms with Crippen LogP contribution in [0.15, 0.2) is 48.5 Å². The molecule has 0 unspecified atom stereocenters. The van der Waals surface area contributed by atoms with E-state index in [2.05, 4.69) is 22.8 Å². The number of rotatable bonds is 10. The lowest BCUT2D eigenvalue weighted by Crippen LogP contribution is -2.47. The van der Waals surface area contributed by atoms with Gasteiger partial charge in [-0.05, 0) is 36.8 Å². The molecule has 1 aliphatic heterocycles. The van der Waals surface area contributed by atoms with Crippen molar-refractivity contribution >= 4 is 40.1 Å². The highest BCUT2D eigenvalue weighted by Crippen LogP contribution is 2.30. The average molecular weight is 506 g/mol. The van der Waals surface area contributed by atoms with Crippen LogP contribution in [-0.2, 0) is 9.53 Å². The van der Waals surface area contributed by atoms with Gasteiger partial charge in [0.05, 0.1) is 23.7 Å². The predicted molar refractivity (Wildman–Crippen MR) is 143 cm³/mol. The van der Waals surface area contributed by atoms with E-state index in [0.29, 0.717) is 41.7 Å². The number of hydrogen-bond donors (Lipinski definition) is 0. The zero-order chi connectivity index (χ0) is 25.3. The number of anilines is 2. The summed E-state index contributed by atoms with van der Waals surface area (Å²) in [5, 5.41) is 10.7. The Balaban J connectivity index is 1.53. The summed E-state index contributed by atoms with van der Waals surface area (Å²) in [5.74, 6) is -1.11. The largest absolute Gasteiger partial charge is 0.464 e. The quantitative estimate of drug-likeness (QED) is 0.257. The summed E-state index contributed by atoms with van der Waals surface area (Å²) in [5.41, 5.74) is 2.82. The number of benzene rings is 2. The number of nitriles is 1. The summed E-state index contributed by atoms with van der Waals surface area (Å²) in [6.07, 6.45) is 5.27. The van der Waals surface area contributed by atoms with Crippen LogP contribution in [0.5, 0.6) is 0 Å². The number of hydrogen-bond acceptors (Lipinski definition) is 7. The van der Waals surface area contributed by atoms with Gasteiger partial charge in [0.15, 0.2) is 11.7 Å². The van der Waals surface area contributed by atoms with Gasteiger partial charge in [-0.2, -0.15) is 5.26 Å². The van der Waals surface area contributed by atoms with Gasteiger partial charge < -0.3 is 14.5 Å². The highest BCUT2D eigenvalue weighted by Gasteiger charge is 2.31. The molecule has 0 radical (unpaired) electrons. The van der Waals surface area contributed by atoms with E-state index in [0.717, 1.165) is 50.0 Å². The lowest BCUT2D eigenvalue weighted by Gasteiger charge is -2.37. The smallest absolute Gasteiger partial charge is 0.329 e. The first-order valence-electron chi connectivity index (χ1n) is 12.7. The Labute approximate surface area is 217 Å². The molecule has 2 heterocycles. The third-order valence-electron chi connectivity index (χ3n) is 6.46. The third-order valence-corrected chi connectivity index (χ3v) is 6.70. The van der Waals surface area contributed by atoms with Crippen molar-refractivity contribution in [3.63, 3.8) is 0 Å². The van der Waals surface area contributed by atoms with Gasteiger partial charge >= 0.3 is 5.97 Å². The lowest BCUT2D eigenvalue weighted by molar-refractivity contribution is -0.144. The molecule has 1 atom stereocenters. The molecular weight excluding hydrogens is 474 g/mol. The minimum atomic E-state index is -1.13. The monoisotopic (exact) mass is 505 g/mol. The maximum atomic E-state index is 13.0. The van der Waals surface area contributed by atoms with Gasteiger partial charge in [-0.3, -0.25) is 4.79 Å². The number of ether oxygens (including phenoxy) is 1. The first-order valence-corrected chi connectivity index (χ1v) is 13.1. The van der Waals surface area contributed by atoms with Crippen molar-refractivity contribution in [2.24, 2.45) is 0 Å².